The van der Waals surface area contributed by atoms with Crippen molar-refractivity contribution in [1.29, 1.82) is 0 Å². The predicted octanol–water partition coefficient (Wildman–Crippen LogP) is 3.79. The largest absolute Gasteiger partial charge is 0.496 e. The molecule has 0 fully saturated rings. The summed E-state index contributed by atoms with van der Waals surface area (Å²) >= 11 is 0. The maximum Gasteiger partial charge on any atom is 0.416 e. The number of para-hydroxylation sites is 1. The van der Waals surface area contributed by atoms with Gasteiger partial charge in [0, 0.05) is 17.7 Å². The van der Waals surface area contributed by atoms with E-state index in [0.717, 1.165) is 40.2 Å². The maximum absolute atomic E-state index is 13.5. The number of rotatable bonds is 8. The van der Waals surface area contributed by atoms with Gasteiger partial charge in [0.25, 0.3) is 11.5 Å². The van der Waals surface area contributed by atoms with Crippen molar-refractivity contribution in [3.05, 3.63) is 86.1 Å². The number of methoxy groups -OCH3 is 1. The standard InChI is InChI=1S/C24H25F3N4O4/c1-3-4-13-30-20(28)19(21(32)29-23(30)34)31(14-16-7-5-6-8-18(16)35-2)22(33)15-9-11-17(12-10-15)24(25,26)27/h5-12H,3-4,13-14,28H2,1-2H3,(H,29,32,34). The van der Waals surface area contributed by atoms with Crippen LogP contribution in [0.2, 0.25) is 0 Å². The first-order chi connectivity index (χ1) is 16.6. The van der Waals surface area contributed by atoms with Crippen LogP contribution in [-0.4, -0.2) is 22.6 Å². The van der Waals surface area contributed by atoms with Crippen molar-refractivity contribution >= 4 is 17.4 Å². The number of hydrogen-bond donors (Lipinski definition) is 2. The fourth-order valence-corrected chi connectivity index (χ4v) is 3.59. The molecule has 0 aliphatic heterocycles. The molecule has 1 aromatic heterocycles. The summed E-state index contributed by atoms with van der Waals surface area (Å²) < 4.78 is 45.5. The van der Waals surface area contributed by atoms with Crippen molar-refractivity contribution in [1.82, 2.24) is 9.55 Å². The Kier molecular flexibility index (Phi) is 7.68. The summed E-state index contributed by atoms with van der Waals surface area (Å²) in [7, 11) is 1.44. The molecule has 0 aliphatic rings. The van der Waals surface area contributed by atoms with E-state index in [0.29, 0.717) is 17.7 Å². The van der Waals surface area contributed by atoms with Gasteiger partial charge in [-0.25, -0.2) is 4.79 Å². The molecule has 0 saturated heterocycles. The lowest BCUT2D eigenvalue weighted by atomic mass is 10.1. The monoisotopic (exact) mass is 490 g/mol. The van der Waals surface area contributed by atoms with Gasteiger partial charge in [-0.15, -0.1) is 0 Å². The minimum absolute atomic E-state index is 0.0991. The van der Waals surface area contributed by atoms with Crippen LogP contribution in [0.5, 0.6) is 5.75 Å². The molecule has 0 aliphatic carbocycles. The number of nitrogen functional groups attached to an aromatic ring is 1. The molecule has 2 aromatic carbocycles. The third-order valence-electron chi connectivity index (χ3n) is 5.44. The van der Waals surface area contributed by atoms with Gasteiger partial charge in [-0.05, 0) is 36.8 Å². The van der Waals surface area contributed by atoms with Crippen molar-refractivity contribution in [3.8, 4) is 5.75 Å². The number of benzene rings is 2. The summed E-state index contributed by atoms with van der Waals surface area (Å²) in [6.07, 6.45) is -3.24. The second-order valence-electron chi connectivity index (χ2n) is 7.78. The van der Waals surface area contributed by atoms with E-state index < -0.39 is 28.9 Å². The van der Waals surface area contributed by atoms with E-state index in [1.165, 1.54) is 7.11 Å². The van der Waals surface area contributed by atoms with Crippen LogP contribution in [0.25, 0.3) is 0 Å². The predicted molar refractivity (Wildman–Crippen MR) is 126 cm³/mol. The first kappa shape index (κ1) is 25.6. The molecule has 186 valence electrons. The molecule has 0 unspecified atom stereocenters. The van der Waals surface area contributed by atoms with E-state index in [1.807, 2.05) is 6.92 Å². The van der Waals surface area contributed by atoms with Crippen LogP contribution in [0, 0.1) is 0 Å². The lowest BCUT2D eigenvalue weighted by Gasteiger charge is -2.25. The number of halogens is 3. The van der Waals surface area contributed by atoms with E-state index in [1.54, 1.807) is 24.3 Å². The van der Waals surface area contributed by atoms with Gasteiger partial charge >= 0.3 is 11.9 Å². The molecule has 0 atom stereocenters. The number of ether oxygens (including phenoxy) is 1. The van der Waals surface area contributed by atoms with Crippen LogP contribution in [-0.2, 0) is 19.3 Å². The van der Waals surface area contributed by atoms with Gasteiger partial charge in [0.2, 0.25) is 0 Å². The number of nitrogens with zero attached hydrogens (tertiary/aromatic N) is 2. The number of nitrogens with one attached hydrogen (secondary N) is 1. The molecule has 11 heteroatoms. The number of aromatic amines is 1. The van der Waals surface area contributed by atoms with Crippen molar-refractivity contribution < 1.29 is 22.7 Å². The van der Waals surface area contributed by atoms with Gasteiger partial charge < -0.3 is 10.5 Å². The number of anilines is 2. The SMILES string of the molecule is CCCCn1c(N)c(N(Cc2ccccc2OC)C(=O)c2ccc(C(F)(F)F)cc2)c(=O)[nH]c1=O. The molecule has 0 spiro atoms. The summed E-state index contributed by atoms with van der Waals surface area (Å²) in [5, 5.41) is 0. The number of amides is 1. The number of nitrogens with two attached hydrogens (primary N) is 1. The number of alkyl halides is 3. The number of H-pyrrole nitrogens is 1. The molecule has 0 saturated carbocycles. The Hall–Kier alpha value is -4.02. The van der Waals surface area contributed by atoms with Gasteiger partial charge in [-0.3, -0.25) is 24.0 Å². The molecule has 1 heterocycles. The van der Waals surface area contributed by atoms with E-state index >= 15 is 0 Å². The zero-order valence-corrected chi connectivity index (χ0v) is 19.2. The highest BCUT2D eigenvalue weighted by Gasteiger charge is 2.31. The Morgan fingerprint density at radius 1 is 1.11 bits per heavy atom. The Morgan fingerprint density at radius 3 is 2.37 bits per heavy atom. The lowest BCUT2D eigenvalue weighted by molar-refractivity contribution is -0.137. The van der Waals surface area contributed by atoms with Crippen molar-refractivity contribution in [2.75, 3.05) is 17.7 Å². The first-order valence-corrected chi connectivity index (χ1v) is 10.8. The van der Waals surface area contributed by atoms with Gasteiger partial charge in [-0.1, -0.05) is 31.5 Å². The molecule has 35 heavy (non-hydrogen) atoms. The Bertz CT molecular complexity index is 1310. The molecule has 3 rings (SSSR count). The number of carbonyl (C=O) groups is 1. The second-order valence-corrected chi connectivity index (χ2v) is 7.78. The van der Waals surface area contributed by atoms with Crippen molar-refractivity contribution in [3.63, 3.8) is 0 Å². The lowest BCUT2D eigenvalue weighted by Crippen LogP contribution is -2.41. The summed E-state index contributed by atoms with van der Waals surface area (Å²) in [6.45, 7) is 1.93. The fraction of sp³-hybridized carbons (Fsp3) is 0.292. The minimum Gasteiger partial charge on any atom is -0.496 e. The van der Waals surface area contributed by atoms with E-state index in [4.69, 9.17) is 10.5 Å². The Morgan fingerprint density at radius 2 is 1.77 bits per heavy atom. The number of carbonyl (C=O) groups excluding carboxylic acids is 1. The summed E-state index contributed by atoms with van der Waals surface area (Å²) in [6, 6.07) is 10.4. The highest BCUT2D eigenvalue weighted by Crippen LogP contribution is 2.30. The maximum atomic E-state index is 13.5. The topological polar surface area (TPSA) is 110 Å². The van der Waals surface area contributed by atoms with Crippen LogP contribution in [0.1, 0.15) is 41.3 Å². The smallest absolute Gasteiger partial charge is 0.416 e. The van der Waals surface area contributed by atoms with Crippen LogP contribution >= 0.6 is 0 Å². The Labute approximate surface area is 198 Å². The molecule has 1 amide bonds. The molecular formula is C24H25F3N4O4. The molecule has 3 aromatic rings. The minimum atomic E-state index is -4.57. The number of aromatic nitrogens is 2. The van der Waals surface area contributed by atoms with Crippen LogP contribution in [0.3, 0.4) is 0 Å². The van der Waals surface area contributed by atoms with E-state index in [9.17, 15) is 27.6 Å². The second kappa shape index (κ2) is 10.5. The van der Waals surface area contributed by atoms with E-state index in [-0.39, 0.29) is 30.2 Å². The van der Waals surface area contributed by atoms with Gasteiger partial charge in [0.15, 0.2) is 5.69 Å². The number of hydrogen-bond acceptors (Lipinski definition) is 5. The third-order valence-corrected chi connectivity index (χ3v) is 5.44. The highest BCUT2D eigenvalue weighted by atomic mass is 19.4. The average molecular weight is 490 g/mol. The molecular weight excluding hydrogens is 465 g/mol. The zero-order valence-electron chi connectivity index (χ0n) is 19.2. The Balaban J connectivity index is 2.17. The van der Waals surface area contributed by atoms with Crippen LogP contribution in [0.4, 0.5) is 24.7 Å². The van der Waals surface area contributed by atoms with Crippen molar-refractivity contribution in [2.24, 2.45) is 0 Å². The van der Waals surface area contributed by atoms with Crippen LogP contribution in [0.15, 0.2) is 58.1 Å². The molecule has 3 N–H and O–H groups in total. The molecule has 8 nitrogen and oxygen atoms in total. The van der Waals surface area contributed by atoms with Gasteiger partial charge in [-0.2, -0.15) is 13.2 Å². The average Bonchev–Trinajstić information content (AvgIpc) is 2.82. The summed E-state index contributed by atoms with van der Waals surface area (Å²) in [5.41, 5.74) is 3.82. The fourth-order valence-electron chi connectivity index (χ4n) is 3.59. The van der Waals surface area contributed by atoms with Crippen LogP contribution < -0.4 is 26.6 Å². The highest BCUT2D eigenvalue weighted by molar-refractivity contribution is 6.07. The summed E-state index contributed by atoms with van der Waals surface area (Å²) in [4.78, 5) is 42.0. The van der Waals surface area contributed by atoms with Gasteiger partial charge in [0.05, 0.1) is 19.2 Å². The summed E-state index contributed by atoms with van der Waals surface area (Å²) in [5.74, 6) is -0.572. The third kappa shape index (κ3) is 5.56. The normalized spacial score (nSPS) is 11.3. The first-order valence-electron chi connectivity index (χ1n) is 10.8. The zero-order chi connectivity index (χ0) is 25.8. The molecule has 0 radical (unpaired) electrons. The van der Waals surface area contributed by atoms with Gasteiger partial charge in [0.1, 0.15) is 11.6 Å². The van der Waals surface area contributed by atoms with E-state index in [2.05, 4.69) is 4.98 Å². The quantitative estimate of drug-likeness (QED) is 0.499. The van der Waals surface area contributed by atoms with Crippen molar-refractivity contribution in [2.45, 2.75) is 39.0 Å². The molecule has 0 bridgehead atoms. The number of unbranched alkanes of at least 4 members (excludes halogenated alkanes) is 1.